The maximum Gasteiger partial charge on any atom is 0.255 e. The van der Waals surface area contributed by atoms with E-state index >= 15 is 0 Å². The van der Waals surface area contributed by atoms with Gasteiger partial charge in [-0.3, -0.25) is 14.5 Å². The zero-order valence-electron chi connectivity index (χ0n) is 15.8. The fourth-order valence-corrected chi connectivity index (χ4v) is 4.41. The molecule has 4 nitrogen and oxygen atoms in total. The lowest BCUT2D eigenvalue weighted by atomic mass is 10.1. The van der Waals surface area contributed by atoms with Gasteiger partial charge >= 0.3 is 0 Å². The molecule has 1 aliphatic rings. The van der Waals surface area contributed by atoms with Gasteiger partial charge in [0, 0.05) is 16.9 Å². The molecule has 1 aliphatic heterocycles. The average molecular weight is 406 g/mol. The highest BCUT2D eigenvalue weighted by Gasteiger charge is 2.34. The third kappa shape index (κ3) is 4.03. The fraction of sp³-hybridized carbons (Fsp3) is 0.130. The molecule has 3 aromatic rings. The number of nitrogens with one attached hydrogen (secondary N) is 1. The van der Waals surface area contributed by atoms with Crippen LogP contribution in [0.15, 0.2) is 72.8 Å². The summed E-state index contributed by atoms with van der Waals surface area (Å²) in [6.07, 6.45) is 0. The first-order valence-corrected chi connectivity index (χ1v) is 10.2. The molecule has 1 unspecified atom stereocenters. The first-order valence-electron chi connectivity index (χ1n) is 9.19. The number of halogens is 1. The van der Waals surface area contributed by atoms with Gasteiger partial charge in [-0.2, -0.15) is 0 Å². The Morgan fingerprint density at radius 1 is 1.07 bits per heavy atom. The van der Waals surface area contributed by atoms with Crippen LogP contribution in [0.2, 0.25) is 0 Å². The van der Waals surface area contributed by atoms with Crippen molar-refractivity contribution in [1.82, 2.24) is 0 Å². The van der Waals surface area contributed by atoms with Crippen molar-refractivity contribution in [3.8, 4) is 0 Å². The number of amides is 2. The first-order chi connectivity index (χ1) is 14.0. The molecule has 1 fully saturated rings. The van der Waals surface area contributed by atoms with E-state index in [1.54, 1.807) is 36.1 Å². The van der Waals surface area contributed by atoms with E-state index in [-0.39, 0.29) is 23.0 Å². The van der Waals surface area contributed by atoms with Crippen LogP contribution in [-0.2, 0) is 4.79 Å². The molecule has 0 aromatic heterocycles. The third-order valence-electron chi connectivity index (χ3n) is 4.77. The van der Waals surface area contributed by atoms with Crippen LogP contribution in [0.25, 0.3) is 0 Å². The van der Waals surface area contributed by atoms with Gasteiger partial charge in [-0.05, 0) is 54.4 Å². The van der Waals surface area contributed by atoms with Crippen LogP contribution in [0, 0.1) is 12.7 Å². The average Bonchev–Trinajstić information content (AvgIpc) is 3.12. The predicted molar refractivity (Wildman–Crippen MR) is 115 cm³/mol. The Balaban J connectivity index is 1.60. The number of carbonyl (C=O) groups is 2. The van der Waals surface area contributed by atoms with Crippen molar-refractivity contribution in [3.63, 3.8) is 0 Å². The van der Waals surface area contributed by atoms with Crippen LogP contribution in [0.1, 0.15) is 26.9 Å². The number of benzene rings is 3. The second-order valence-corrected chi connectivity index (χ2v) is 7.87. The number of hydrogen-bond donors (Lipinski definition) is 1. The minimum Gasteiger partial charge on any atom is -0.322 e. The molecule has 4 rings (SSSR count). The summed E-state index contributed by atoms with van der Waals surface area (Å²) in [5.74, 6) is -0.284. The number of thioether (sulfide) groups is 1. The van der Waals surface area contributed by atoms with Gasteiger partial charge in [0.2, 0.25) is 5.91 Å². The highest BCUT2D eigenvalue weighted by atomic mass is 32.2. The van der Waals surface area contributed by atoms with Gasteiger partial charge in [-0.15, -0.1) is 11.8 Å². The maximum absolute atomic E-state index is 14.1. The predicted octanol–water partition coefficient (Wildman–Crippen LogP) is 5.17. The van der Waals surface area contributed by atoms with Gasteiger partial charge in [0.1, 0.15) is 11.2 Å². The van der Waals surface area contributed by atoms with E-state index in [1.807, 2.05) is 42.5 Å². The summed E-state index contributed by atoms with van der Waals surface area (Å²) in [6.45, 7) is 1.69. The molecule has 0 radical (unpaired) electrons. The molecule has 1 heterocycles. The zero-order chi connectivity index (χ0) is 20.4. The van der Waals surface area contributed by atoms with E-state index in [9.17, 15) is 14.0 Å². The number of rotatable bonds is 4. The van der Waals surface area contributed by atoms with E-state index in [1.165, 1.54) is 17.8 Å². The van der Waals surface area contributed by atoms with Gasteiger partial charge in [0.05, 0.1) is 5.75 Å². The maximum atomic E-state index is 14.1. The number of aryl methyl sites for hydroxylation is 1. The Morgan fingerprint density at radius 2 is 1.86 bits per heavy atom. The Bertz CT molecular complexity index is 1070. The first kappa shape index (κ1) is 19.2. The molecule has 1 N–H and O–H groups in total. The zero-order valence-corrected chi connectivity index (χ0v) is 16.6. The lowest BCUT2D eigenvalue weighted by Gasteiger charge is -2.25. The summed E-state index contributed by atoms with van der Waals surface area (Å²) in [4.78, 5) is 26.6. The third-order valence-corrected chi connectivity index (χ3v) is 5.98. The van der Waals surface area contributed by atoms with Crippen LogP contribution < -0.4 is 10.2 Å². The van der Waals surface area contributed by atoms with E-state index < -0.39 is 0 Å². The Kier molecular flexibility index (Phi) is 5.36. The normalized spacial score (nSPS) is 16.1. The van der Waals surface area contributed by atoms with Crippen molar-refractivity contribution in [1.29, 1.82) is 0 Å². The van der Waals surface area contributed by atoms with Gasteiger partial charge in [-0.25, -0.2) is 4.39 Å². The minimum atomic E-state index is -0.338. The molecular formula is C23H19FN2O2S. The van der Waals surface area contributed by atoms with E-state index in [4.69, 9.17) is 0 Å². The van der Waals surface area contributed by atoms with Gasteiger partial charge in [-0.1, -0.05) is 36.4 Å². The monoisotopic (exact) mass is 406 g/mol. The molecule has 146 valence electrons. The molecule has 3 aromatic carbocycles. The number of anilines is 2. The van der Waals surface area contributed by atoms with Crippen LogP contribution in [0.3, 0.4) is 0 Å². The molecule has 2 amide bonds. The Labute approximate surface area is 172 Å². The van der Waals surface area contributed by atoms with Crippen molar-refractivity contribution >= 4 is 35.0 Å². The second kappa shape index (κ2) is 8.09. The Hall–Kier alpha value is -3.12. The van der Waals surface area contributed by atoms with E-state index in [0.717, 1.165) is 5.56 Å². The highest BCUT2D eigenvalue weighted by molar-refractivity contribution is 8.00. The summed E-state index contributed by atoms with van der Waals surface area (Å²) in [6, 6.07) is 21.2. The molecule has 0 spiro atoms. The summed E-state index contributed by atoms with van der Waals surface area (Å²) < 4.78 is 14.1. The fourth-order valence-electron chi connectivity index (χ4n) is 3.24. The second-order valence-electron chi connectivity index (χ2n) is 6.81. The molecule has 0 aliphatic carbocycles. The van der Waals surface area contributed by atoms with Gasteiger partial charge < -0.3 is 5.32 Å². The summed E-state index contributed by atoms with van der Waals surface area (Å²) in [5.41, 5.74) is 3.15. The molecule has 1 atom stereocenters. The van der Waals surface area contributed by atoms with Crippen molar-refractivity contribution in [2.24, 2.45) is 0 Å². The highest BCUT2D eigenvalue weighted by Crippen LogP contribution is 2.42. The van der Waals surface area contributed by atoms with Crippen LogP contribution >= 0.6 is 11.8 Å². The number of nitrogens with zero attached hydrogens (tertiary/aromatic N) is 1. The SMILES string of the molecule is Cc1ccc(N2C(=O)CSC2c2cccc(NC(=O)c3ccccc3)c2)cc1F. The van der Waals surface area contributed by atoms with Crippen molar-refractivity contribution in [2.75, 3.05) is 16.0 Å². The molecular weight excluding hydrogens is 387 g/mol. The smallest absolute Gasteiger partial charge is 0.255 e. The van der Waals surface area contributed by atoms with E-state index in [0.29, 0.717) is 28.3 Å². The standard InChI is InChI=1S/C23H19FN2O2S/c1-15-10-11-19(13-20(15)24)26-21(27)14-29-23(26)17-8-5-9-18(12-17)25-22(28)16-6-3-2-4-7-16/h2-13,23H,14H2,1H3,(H,25,28). The summed E-state index contributed by atoms with van der Waals surface area (Å²) in [5, 5.41) is 2.61. The molecule has 0 bridgehead atoms. The minimum absolute atomic E-state index is 0.0676. The van der Waals surface area contributed by atoms with Gasteiger partial charge in [0.25, 0.3) is 5.91 Å². The summed E-state index contributed by atoms with van der Waals surface area (Å²) >= 11 is 1.48. The lowest BCUT2D eigenvalue weighted by molar-refractivity contribution is -0.115. The van der Waals surface area contributed by atoms with Crippen molar-refractivity contribution in [2.45, 2.75) is 12.3 Å². The molecule has 0 saturated carbocycles. The largest absolute Gasteiger partial charge is 0.322 e. The number of hydrogen-bond acceptors (Lipinski definition) is 3. The molecule has 29 heavy (non-hydrogen) atoms. The van der Waals surface area contributed by atoms with Crippen LogP contribution in [0.4, 0.5) is 15.8 Å². The van der Waals surface area contributed by atoms with Gasteiger partial charge in [0.15, 0.2) is 0 Å². The molecule has 6 heteroatoms. The Morgan fingerprint density at radius 3 is 2.62 bits per heavy atom. The van der Waals surface area contributed by atoms with Crippen LogP contribution in [-0.4, -0.2) is 17.6 Å². The number of carbonyl (C=O) groups excluding carboxylic acids is 2. The van der Waals surface area contributed by atoms with Crippen molar-refractivity contribution < 1.29 is 14.0 Å². The topological polar surface area (TPSA) is 49.4 Å². The summed E-state index contributed by atoms with van der Waals surface area (Å²) in [7, 11) is 0. The van der Waals surface area contributed by atoms with Crippen molar-refractivity contribution in [3.05, 3.63) is 95.3 Å². The quantitative estimate of drug-likeness (QED) is 0.651. The molecule has 1 saturated heterocycles. The lowest BCUT2D eigenvalue weighted by Crippen LogP contribution is -2.28. The van der Waals surface area contributed by atoms with Crippen LogP contribution in [0.5, 0.6) is 0 Å². The van der Waals surface area contributed by atoms with E-state index in [2.05, 4.69) is 5.32 Å².